The summed E-state index contributed by atoms with van der Waals surface area (Å²) in [5.74, 6) is -0.0274. The van der Waals surface area contributed by atoms with Crippen LogP contribution in [0.5, 0.6) is 0 Å². The number of hydrogen-bond acceptors (Lipinski definition) is 3. The van der Waals surface area contributed by atoms with E-state index in [4.69, 9.17) is 4.74 Å². The third-order valence-electron chi connectivity index (χ3n) is 4.07. The van der Waals surface area contributed by atoms with E-state index in [-0.39, 0.29) is 29.8 Å². The van der Waals surface area contributed by atoms with Crippen molar-refractivity contribution in [3.8, 4) is 0 Å². The first kappa shape index (κ1) is 18.9. The van der Waals surface area contributed by atoms with Gasteiger partial charge in [0.15, 0.2) is 0 Å². The Balaban J connectivity index is 0.00000242. The topological polar surface area (TPSA) is 50.4 Å². The predicted molar refractivity (Wildman–Crippen MR) is 91.7 cm³/mol. The molecule has 1 saturated heterocycles. The molecule has 1 fully saturated rings. The molecular formula is C17H27ClN2O2. The van der Waals surface area contributed by atoms with Crippen LogP contribution in [-0.2, 0) is 21.4 Å². The number of carbonyl (C=O) groups excluding carboxylic acids is 1. The fourth-order valence-electron chi connectivity index (χ4n) is 2.45. The van der Waals surface area contributed by atoms with Gasteiger partial charge >= 0.3 is 0 Å². The largest absolute Gasteiger partial charge is 0.366 e. The maximum atomic E-state index is 12.1. The van der Waals surface area contributed by atoms with Gasteiger partial charge in [0.05, 0.1) is 6.61 Å². The second kappa shape index (κ2) is 8.51. The van der Waals surface area contributed by atoms with Crippen molar-refractivity contribution in [2.24, 2.45) is 0 Å². The van der Waals surface area contributed by atoms with Gasteiger partial charge in [-0.05, 0) is 17.5 Å². The van der Waals surface area contributed by atoms with Crippen molar-refractivity contribution >= 4 is 18.3 Å². The van der Waals surface area contributed by atoms with E-state index in [0.29, 0.717) is 19.7 Å². The highest BCUT2D eigenvalue weighted by Gasteiger charge is 2.25. The standard InChI is InChI=1S/C17H26N2O2.ClH/c1-4-13-5-7-14(8-6-13)17(2,3)12-19-16(20)15-11-18-9-10-21-15;/h5-8,15,18H,4,9-12H2,1-3H3,(H,19,20);1H. The van der Waals surface area contributed by atoms with E-state index in [2.05, 4.69) is 55.7 Å². The third-order valence-corrected chi connectivity index (χ3v) is 4.07. The van der Waals surface area contributed by atoms with Crippen molar-refractivity contribution in [3.05, 3.63) is 35.4 Å². The van der Waals surface area contributed by atoms with Crippen molar-refractivity contribution in [2.75, 3.05) is 26.2 Å². The zero-order valence-corrected chi connectivity index (χ0v) is 14.5. The van der Waals surface area contributed by atoms with Gasteiger partial charge in [-0.1, -0.05) is 45.0 Å². The Kier molecular flexibility index (Phi) is 7.33. The van der Waals surface area contributed by atoms with Gasteiger partial charge in [0, 0.05) is 25.0 Å². The highest BCUT2D eigenvalue weighted by Crippen LogP contribution is 2.22. The monoisotopic (exact) mass is 326 g/mol. The summed E-state index contributed by atoms with van der Waals surface area (Å²) in [7, 11) is 0. The molecule has 2 rings (SSSR count). The van der Waals surface area contributed by atoms with E-state index in [9.17, 15) is 4.79 Å². The number of ether oxygens (including phenoxy) is 1. The molecule has 1 unspecified atom stereocenters. The van der Waals surface area contributed by atoms with Crippen LogP contribution in [0.3, 0.4) is 0 Å². The second-order valence-electron chi connectivity index (χ2n) is 6.22. The minimum absolute atomic E-state index is 0. The quantitative estimate of drug-likeness (QED) is 0.870. The SMILES string of the molecule is CCc1ccc(C(C)(C)CNC(=O)C2CNCCO2)cc1.Cl. The average Bonchev–Trinajstić information content (AvgIpc) is 2.53. The minimum Gasteiger partial charge on any atom is -0.366 e. The van der Waals surface area contributed by atoms with Gasteiger partial charge in [-0.15, -0.1) is 12.4 Å². The van der Waals surface area contributed by atoms with Gasteiger partial charge in [0.1, 0.15) is 6.10 Å². The zero-order chi connectivity index (χ0) is 15.3. The molecule has 0 saturated carbocycles. The Bertz CT molecular complexity index is 468. The van der Waals surface area contributed by atoms with Crippen LogP contribution in [0.4, 0.5) is 0 Å². The minimum atomic E-state index is -0.364. The van der Waals surface area contributed by atoms with Crippen LogP contribution < -0.4 is 10.6 Å². The van der Waals surface area contributed by atoms with Crippen LogP contribution in [-0.4, -0.2) is 38.3 Å². The van der Waals surface area contributed by atoms with E-state index >= 15 is 0 Å². The molecule has 4 nitrogen and oxygen atoms in total. The Morgan fingerprint density at radius 1 is 1.36 bits per heavy atom. The lowest BCUT2D eigenvalue weighted by molar-refractivity contribution is -0.134. The normalized spacial score (nSPS) is 18.4. The lowest BCUT2D eigenvalue weighted by Crippen LogP contribution is -2.49. The lowest BCUT2D eigenvalue weighted by atomic mass is 9.84. The van der Waals surface area contributed by atoms with Gasteiger partial charge in [-0.2, -0.15) is 0 Å². The molecule has 2 N–H and O–H groups in total. The predicted octanol–water partition coefficient (Wildman–Crippen LogP) is 2.05. The van der Waals surface area contributed by atoms with Crippen molar-refractivity contribution in [3.63, 3.8) is 0 Å². The summed E-state index contributed by atoms with van der Waals surface area (Å²) in [4.78, 5) is 12.1. The summed E-state index contributed by atoms with van der Waals surface area (Å²) < 4.78 is 5.47. The summed E-state index contributed by atoms with van der Waals surface area (Å²) in [5.41, 5.74) is 2.48. The van der Waals surface area contributed by atoms with Crippen LogP contribution in [0, 0.1) is 0 Å². The third kappa shape index (κ3) is 4.97. The summed E-state index contributed by atoms with van der Waals surface area (Å²) in [6, 6.07) is 8.63. The first-order valence-electron chi connectivity index (χ1n) is 7.72. The summed E-state index contributed by atoms with van der Waals surface area (Å²) in [6.07, 6.45) is 0.681. The lowest BCUT2D eigenvalue weighted by Gasteiger charge is -2.28. The second-order valence-corrected chi connectivity index (χ2v) is 6.22. The summed E-state index contributed by atoms with van der Waals surface area (Å²) in [6.45, 7) is 9.06. The molecule has 1 aromatic carbocycles. The van der Waals surface area contributed by atoms with Gasteiger partial charge in [0.25, 0.3) is 0 Å². The van der Waals surface area contributed by atoms with Gasteiger partial charge in [-0.25, -0.2) is 0 Å². The maximum absolute atomic E-state index is 12.1. The van der Waals surface area contributed by atoms with Crippen molar-refractivity contribution in [2.45, 2.75) is 38.7 Å². The molecule has 1 aromatic rings. The summed E-state index contributed by atoms with van der Waals surface area (Å²) >= 11 is 0. The number of aryl methyl sites for hydroxylation is 1. The number of halogens is 1. The molecule has 0 bridgehead atoms. The number of hydrogen-bond donors (Lipinski definition) is 2. The Morgan fingerprint density at radius 2 is 2.05 bits per heavy atom. The fourth-order valence-corrected chi connectivity index (χ4v) is 2.45. The van der Waals surface area contributed by atoms with Gasteiger partial charge in [-0.3, -0.25) is 4.79 Å². The van der Waals surface area contributed by atoms with Crippen LogP contribution in [0.1, 0.15) is 31.9 Å². The van der Waals surface area contributed by atoms with E-state index < -0.39 is 0 Å². The first-order chi connectivity index (χ1) is 10.0. The van der Waals surface area contributed by atoms with Crippen molar-refractivity contribution in [1.82, 2.24) is 10.6 Å². The summed E-state index contributed by atoms with van der Waals surface area (Å²) in [5, 5.41) is 6.19. The van der Waals surface area contributed by atoms with E-state index in [0.717, 1.165) is 13.0 Å². The fraction of sp³-hybridized carbons (Fsp3) is 0.588. The zero-order valence-electron chi connectivity index (χ0n) is 13.6. The number of carbonyl (C=O) groups is 1. The molecule has 0 aromatic heterocycles. The first-order valence-corrected chi connectivity index (χ1v) is 7.72. The molecule has 1 aliphatic heterocycles. The Labute approximate surface area is 139 Å². The number of rotatable bonds is 5. The maximum Gasteiger partial charge on any atom is 0.250 e. The Hall–Kier alpha value is -1.10. The van der Waals surface area contributed by atoms with Crippen LogP contribution >= 0.6 is 12.4 Å². The van der Waals surface area contributed by atoms with Crippen LogP contribution in [0.2, 0.25) is 0 Å². The smallest absolute Gasteiger partial charge is 0.250 e. The molecule has 1 atom stereocenters. The van der Waals surface area contributed by atoms with Crippen LogP contribution in [0.15, 0.2) is 24.3 Å². The highest BCUT2D eigenvalue weighted by molar-refractivity contribution is 5.85. The molecule has 1 heterocycles. The molecule has 5 heteroatoms. The van der Waals surface area contributed by atoms with Gasteiger partial charge in [0.2, 0.25) is 5.91 Å². The number of amides is 1. The number of morpholine rings is 1. The molecule has 0 spiro atoms. The van der Waals surface area contributed by atoms with E-state index in [1.807, 2.05) is 0 Å². The molecule has 0 radical (unpaired) electrons. The molecule has 0 aliphatic carbocycles. The number of nitrogens with one attached hydrogen (secondary N) is 2. The average molecular weight is 327 g/mol. The molecule has 1 amide bonds. The molecule has 22 heavy (non-hydrogen) atoms. The number of benzene rings is 1. The van der Waals surface area contributed by atoms with E-state index in [1.165, 1.54) is 11.1 Å². The molecular weight excluding hydrogens is 300 g/mol. The van der Waals surface area contributed by atoms with E-state index in [1.54, 1.807) is 0 Å². The van der Waals surface area contributed by atoms with Crippen LogP contribution in [0.25, 0.3) is 0 Å². The molecule has 124 valence electrons. The van der Waals surface area contributed by atoms with Gasteiger partial charge < -0.3 is 15.4 Å². The Morgan fingerprint density at radius 3 is 2.59 bits per heavy atom. The van der Waals surface area contributed by atoms with Crippen molar-refractivity contribution < 1.29 is 9.53 Å². The molecule has 1 aliphatic rings. The highest BCUT2D eigenvalue weighted by atomic mass is 35.5. The van der Waals surface area contributed by atoms with Crippen molar-refractivity contribution in [1.29, 1.82) is 0 Å².